The first-order valence-electron chi connectivity index (χ1n) is 7.37. The number of carboxylic acid groups (broad SMARTS) is 1. The predicted molar refractivity (Wildman–Crippen MR) is 85.2 cm³/mol. The second kappa shape index (κ2) is 7.29. The van der Waals surface area contributed by atoms with E-state index in [1.807, 2.05) is 19.1 Å². The van der Waals surface area contributed by atoms with E-state index in [2.05, 4.69) is 32.2 Å². The molecule has 0 spiro atoms. The van der Waals surface area contributed by atoms with Crippen molar-refractivity contribution in [2.75, 3.05) is 6.61 Å². The van der Waals surface area contributed by atoms with Gasteiger partial charge in [-0.2, -0.15) is 0 Å². The van der Waals surface area contributed by atoms with Gasteiger partial charge in [-0.25, -0.2) is 0 Å². The number of carbonyl (C=O) groups excluding carboxylic acids is 1. The molecule has 5 heteroatoms. The molecule has 22 heavy (non-hydrogen) atoms. The largest absolute Gasteiger partial charge is 0.493 e. The van der Waals surface area contributed by atoms with Crippen LogP contribution in [-0.4, -0.2) is 29.6 Å². The minimum absolute atomic E-state index is 0.0541. The molecular formula is C17H25NO4. The summed E-state index contributed by atoms with van der Waals surface area (Å²) in [4.78, 5) is 22.3. The first kappa shape index (κ1) is 18.0. The van der Waals surface area contributed by atoms with Crippen molar-refractivity contribution in [3.05, 3.63) is 29.3 Å². The summed E-state index contributed by atoms with van der Waals surface area (Å²) in [5, 5.41) is 11.1. The molecule has 0 aliphatic rings. The summed E-state index contributed by atoms with van der Waals surface area (Å²) in [6.45, 7) is 9.99. The third-order valence-corrected chi connectivity index (χ3v) is 3.28. The first-order valence-corrected chi connectivity index (χ1v) is 7.37. The van der Waals surface area contributed by atoms with Crippen molar-refractivity contribution in [1.82, 2.24) is 5.32 Å². The molecule has 0 saturated heterocycles. The van der Waals surface area contributed by atoms with Gasteiger partial charge in [0.2, 0.25) is 5.91 Å². The third-order valence-electron chi connectivity index (χ3n) is 3.28. The average molecular weight is 307 g/mol. The fourth-order valence-electron chi connectivity index (χ4n) is 1.98. The van der Waals surface area contributed by atoms with E-state index in [-0.39, 0.29) is 24.3 Å². The Bertz CT molecular complexity index is 546. The summed E-state index contributed by atoms with van der Waals surface area (Å²) >= 11 is 0. The SMILES string of the molecule is Cc1ccc(OCCC(=O)NC(C)C(=O)O)c(C(C)(C)C)c1. The molecule has 2 N–H and O–H groups in total. The third kappa shape index (κ3) is 5.39. The molecule has 0 aromatic heterocycles. The van der Waals surface area contributed by atoms with Gasteiger partial charge in [-0.3, -0.25) is 9.59 Å². The number of aryl methyl sites for hydroxylation is 1. The maximum absolute atomic E-state index is 11.6. The minimum Gasteiger partial charge on any atom is -0.493 e. The van der Waals surface area contributed by atoms with Crippen LogP contribution >= 0.6 is 0 Å². The van der Waals surface area contributed by atoms with Crippen LogP contribution in [0.25, 0.3) is 0 Å². The Morgan fingerprint density at radius 2 is 1.95 bits per heavy atom. The van der Waals surface area contributed by atoms with Crippen molar-refractivity contribution in [3.8, 4) is 5.75 Å². The van der Waals surface area contributed by atoms with Crippen molar-refractivity contribution >= 4 is 11.9 Å². The van der Waals surface area contributed by atoms with Crippen molar-refractivity contribution in [3.63, 3.8) is 0 Å². The van der Waals surface area contributed by atoms with Crippen LogP contribution in [0.3, 0.4) is 0 Å². The molecule has 1 amide bonds. The van der Waals surface area contributed by atoms with Crippen molar-refractivity contribution in [2.45, 2.75) is 52.5 Å². The number of nitrogens with one attached hydrogen (secondary N) is 1. The van der Waals surface area contributed by atoms with E-state index in [1.165, 1.54) is 6.92 Å². The average Bonchev–Trinajstić information content (AvgIpc) is 2.39. The van der Waals surface area contributed by atoms with E-state index in [1.54, 1.807) is 0 Å². The van der Waals surface area contributed by atoms with Crippen LogP contribution in [0.2, 0.25) is 0 Å². The predicted octanol–water partition coefficient (Wildman–Crippen LogP) is 2.65. The number of rotatable bonds is 6. The van der Waals surface area contributed by atoms with Gasteiger partial charge in [0.25, 0.3) is 0 Å². The van der Waals surface area contributed by atoms with Crippen LogP contribution in [0, 0.1) is 6.92 Å². The molecule has 1 rings (SSSR count). The molecule has 5 nitrogen and oxygen atoms in total. The van der Waals surface area contributed by atoms with Crippen molar-refractivity contribution < 1.29 is 19.4 Å². The van der Waals surface area contributed by atoms with Gasteiger partial charge < -0.3 is 15.2 Å². The van der Waals surface area contributed by atoms with Gasteiger partial charge in [-0.1, -0.05) is 38.5 Å². The van der Waals surface area contributed by atoms with Crippen LogP contribution < -0.4 is 10.1 Å². The summed E-state index contributed by atoms with van der Waals surface area (Å²) in [6.07, 6.45) is 0.120. The van der Waals surface area contributed by atoms with Gasteiger partial charge in [0.1, 0.15) is 11.8 Å². The van der Waals surface area contributed by atoms with Gasteiger partial charge >= 0.3 is 5.97 Å². The lowest BCUT2D eigenvalue weighted by Gasteiger charge is -2.23. The van der Waals surface area contributed by atoms with E-state index >= 15 is 0 Å². The topological polar surface area (TPSA) is 75.6 Å². The van der Waals surface area contributed by atoms with Gasteiger partial charge in [-0.15, -0.1) is 0 Å². The number of hydrogen-bond donors (Lipinski definition) is 2. The molecule has 1 atom stereocenters. The number of hydrogen-bond acceptors (Lipinski definition) is 3. The number of carboxylic acids is 1. The van der Waals surface area contributed by atoms with Crippen LogP contribution in [0.15, 0.2) is 18.2 Å². The fourth-order valence-corrected chi connectivity index (χ4v) is 1.98. The Labute approximate surface area is 131 Å². The zero-order chi connectivity index (χ0) is 16.9. The number of amides is 1. The maximum Gasteiger partial charge on any atom is 0.325 e. The maximum atomic E-state index is 11.6. The Morgan fingerprint density at radius 3 is 2.50 bits per heavy atom. The fraction of sp³-hybridized carbons (Fsp3) is 0.529. The zero-order valence-corrected chi connectivity index (χ0v) is 13.9. The first-order chi connectivity index (χ1) is 10.1. The Morgan fingerprint density at radius 1 is 1.32 bits per heavy atom. The molecule has 1 unspecified atom stereocenters. The molecule has 0 radical (unpaired) electrons. The zero-order valence-electron chi connectivity index (χ0n) is 13.9. The van der Waals surface area contributed by atoms with Crippen molar-refractivity contribution in [1.29, 1.82) is 0 Å². The van der Waals surface area contributed by atoms with Crippen LogP contribution in [0.5, 0.6) is 5.75 Å². The molecule has 0 fully saturated rings. The molecule has 122 valence electrons. The highest BCUT2D eigenvalue weighted by Crippen LogP contribution is 2.32. The van der Waals surface area contributed by atoms with Crippen LogP contribution in [0.4, 0.5) is 0 Å². The highest BCUT2D eigenvalue weighted by atomic mass is 16.5. The molecule has 1 aromatic carbocycles. The van der Waals surface area contributed by atoms with E-state index in [0.717, 1.165) is 16.9 Å². The summed E-state index contributed by atoms with van der Waals surface area (Å²) in [6, 6.07) is 5.07. The summed E-state index contributed by atoms with van der Waals surface area (Å²) < 4.78 is 5.72. The lowest BCUT2D eigenvalue weighted by molar-refractivity contribution is -0.141. The highest BCUT2D eigenvalue weighted by Gasteiger charge is 2.19. The number of carbonyl (C=O) groups is 2. The van der Waals surface area contributed by atoms with E-state index < -0.39 is 12.0 Å². The molecule has 0 aliphatic heterocycles. The number of ether oxygens (including phenoxy) is 1. The molecule has 0 saturated carbocycles. The minimum atomic E-state index is -1.05. The normalized spacial score (nSPS) is 12.6. The van der Waals surface area contributed by atoms with Crippen LogP contribution in [-0.2, 0) is 15.0 Å². The van der Waals surface area contributed by atoms with E-state index in [4.69, 9.17) is 9.84 Å². The Balaban J connectivity index is 2.62. The molecule has 0 aliphatic carbocycles. The summed E-state index contributed by atoms with van der Waals surface area (Å²) in [5.41, 5.74) is 2.19. The monoisotopic (exact) mass is 307 g/mol. The standard InChI is InChI=1S/C17H25NO4/c1-11-6-7-14(13(10-11)17(3,4)5)22-9-8-15(19)18-12(2)16(20)21/h6-7,10,12H,8-9H2,1-5H3,(H,18,19)(H,20,21). The van der Waals surface area contributed by atoms with Crippen molar-refractivity contribution in [2.24, 2.45) is 0 Å². The molecule has 0 heterocycles. The molecular weight excluding hydrogens is 282 g/mol. The molecule has 1 aromatic rings. The Kier molecular flexibility index (Phi) is 5.97. The van der Waals surface area contributed by atoms with Gasteiger partial charge in [0.05, 0.1) is 13.0 Å². The number of benzene rings is 1. The van der Waals surface area contributed by atoms with E-state index in [0.29, 0.717) is 0 Å². The lowest BCUT2D eigenvalue weighted by Crippen LogP contribution is -2.38. The second-order valence-electron chi connectivity index (χ2n) is 6.48. The smallest absolute Gasteiger partial charge is 0.325 e. The Hall–Kier alpha value is -2.04. The van der Waals surface area contributed by atoms with Gasteiger partial charge in [0, 0.05) is 0 Å². The summed E-state index contributed by atoms with van der Waals surface area (Å²) in [7, 11) is 0. The van der Waals surface area contributed by atoms with Crippen LogP contribution in [0.1, 0.15) is 45.2 Å². The number of aliphatic carboxylic acids is 1. The summed E-state index contributed by atoms with van der Waals surface area (Å²) in [5.74, 6) is -0.626. The highest BCUT2D eigenvalue weighted by molar-refractivity contribution is 5.83. The lowest BCUT2D eigenvalue weighted by atomic mass is 9.85. The molecule has 0 bridgehead atoms. The second-order valence-corrected chi connectivity index (χ2v) is 6.48. The van der Waals surface area contributed by atoms with Gasteiger partial charge in [-0.05, 0) is 30.9 Å². The quantitative estimate of drug-likeness (QED) is 0.847. The van der Waals surface area contributed by atoms with E-state index in [9.17, 15) is 9.59 Å². The van der Waals surface area contributed by atoms with Gasteiger partial charge in [0.15, 0.2) is 0 Å².